The first kappa shape index (κ1) is 8.06. The Hall–Kier alpha value is -1.04. The van der Waals surface area contributed by atoms with Crippen molar-refractivity contribution in [2.45, 2.75) is 6.42 Å². The molecule has 0 spiro atoms. The van der Waals surface area contributed by atoms with Crippen molar-refractivity contribution in [1.29, 1.82) is 0 Å². The Bertz CT molecular complexity index is 207. The summed E-state index contributed by atoms with van der Waals surface area (Å²) in [5.41, 5.74) is 0. The molecule has 1 heterocycles. The lowest BCUT2D eigenvalue weighted by Crippen LogP contribution is -2.18. The van der Waals surface area contributed by atoms with Crippen molar-refractivity contribution < 1.29 is 23.7 Å². The number of carboxylic acid groups (broad SMARTS) is 1. The fourth-order valence-electron chi connectivity index (χ4n) is 0.636. The van der Waals surface area contributed by atoms with Gasteiger partial charge in [0.15, 0.2) is 0 Å². The highest BCUT2D eigenvalue weighted by Gasteiger charge is 2.38. The first-order valence-corrected chi connectivity index (χ1v) is 3.49. The van der Waals surface area contributed by atoms with E-state index in [2.05, 4.69) is 4.18 Å². The highest BCUT2D eigenvalue weighted by Crippen LogP contribution is 2.26. The molecule has 0 aromatic carbocycles. The van der Waals surface area contributed by atoms with Crippen molar-refractivity contribution in [2.75, 3.05) is 0 Å². The quantitative estimate of drug-likeness (QED) is 0.464. The number of carboxylic acids is 1. The molecular weight excluding hydrogens is 172 g/mol. The van der Waals surface area contributed by atoms with Gasteiger partial charge in [0, 0.05) is 0 Å². The number of aliphatic carboxylic acids is 1. The Kier molecular flexibility index (Phi) is 2.13. The van der Waals surface area contributed by atoms with Crippen molar-refractivity contribution in [3.63, 3.8) is 0 Å². The van der Waals surface area contributed by atoms with Gasteiger partial charge in [-0.3, -0.25) is 14.4 Å². The third-order valence-corrected chi connectivity index (χ3v) is 1.85. The summed E-state index contributed by atoms with van der Waals surface area (Å²) in [7, 11) is 0. The number of hydrogen-bond acceptors (Lipinski definition) is 5. The molecule has 5 nitrogen and oxygen atoms in total. The van der Waals surface area contributed by atoms with Gasteiger partial charge in [-0.2, -0.15) is 0 Å². The van der Waals surface area contributed by atoms with Crippen LogP contribution in [0.4, 0.5) is 0 Å². The number of carbonyl (C=O) groups is 3. The second kappa shape index (κ2) is 2.91. The standard InChI is InChI=1S/C5H4O5S/c6-3(7)1-2-4(8)10-11-5(2)9/h2H,1H2,(H,6,7). The van der Waals surface area contributed by atoms with Crippen LogP contribution in [0.15, 0.2) is 0 Å². The Balaban J connectivity index is 2.62. The number of hydrogen-bond donors (Lipinski definition) is 1. The van der Waals surface area contributed by atoms with E-state index in [0.29, 0.717) is 12.0 Å². The molecule has 0 aliphatic carbocycles. The molecule has 1 atom stereocenters. The average Bonchev–Trinajstić information content (AvgIpc) is 2.18. The van der Waals surface area contributed by atoms with Crippen LogP contribution in [0, 0.1) is 5.92 Å². The van der Waals surface area contributed by atoms with E-state index >= 15 is 0 Å². The molecule has 11 heavy (non-hydrogen) atoms. The fraction of sp³-hybridized carbons (Fsp3) is 0.400. The van der Waals surface area contributed by atoms with Gasteiger partial charge in [0.05, 0.1) is 6.42 Å². The Morgan fingerprint density at radius 1 is 1.64 bits per heavy atom. The fourth-order valence-corrected chi connectivity index (χ4v) is 1.21. The van der Waals surface area contributed by atoms with Crippen LogP contribution in [0.1, 0.15) is 6.42 Å². The third kappa shape index (κ3) is 1.70. The maximum Gasteiger partial charge on any atom is 0.330 e. The van der Waals surface area contributed by atoms with E-state index in [1.165, 1.54) is 0 Å². The van der Waals surface area contributed by atoms with Gasteiger partial charge in [0.2, 0.25) is 5.12 Å². The van der Waals surface area contributed by atoms with Crippen LogP contribution in [-0.2, 0) is 18.6 Å². The minimum atomic E-state index is -1.18. The van der Waals surface area contributed by atoms with E-state index in [4.69, 9.17) is 5.11 Å². The molecule has 60 valence electrons. The minimum Gasteiger partial charge on any atom is -0.481 e. The largest absolute Gasteiger partial charge is 0.481 e. The van der Waals surface area contributed by atoms with Crippen LogP contribution in [0.3, 0.4) is 0 Å². The summed E-state index contributed by atoms with van der Waals surface area (Å²) >= 11 is 0.404. The average molecular weight is 176 g/mol. The van der Waals surface area contributed by atoms with E-state index in [0.717, 1.165) is 0 Å². The molecule has 1 fully saturated rings. The molecule has 1 unspecified atom stereocenters. The third-order valence-electron chi connectivity index (χ3n) is 1.15. The first-order chi connectivity index (χ1) is 5.11. The smallest absolute Gasteiger partial charge is 0.330 e. The SMILES string of the molecule is O=C(O)CC1C(=O)OSC1=O. The molecule has 0 aromatic heterocycles. The van der Waals surface area contributed by atoms with Gasteiger partial charge < -0.3 is 9.29 Å². The number of carbonyl (C=O) groups excluding carboxylic acids is 2. The predicted molar refractivity (Wildman–Crippen MR) is 34.4 cm³/mol. The molecule has 0 aromatic rings. The molecule has 1 aliphatic rings. The van der Waals surface area contributed by atoms with Crippen LogP contribution in [-0.4, -0.2) is 22.2 Å². The van der Waals surface area contributed by atoms with Crippen molar-refractivity contribution in [2.24, 2.45) is 5.92 Å². The zero-order valence-corrected chi connectivity index (χ0v) is 6.09. The van der Waals surface area contributed by atoms with E-state index in [1.807, 2.05) is 0 Å². The summed E-state index contributed by atoms with van der Waals surface area (Å²) in [5.74, 6) is -3.05. The molecule has 1 N–H and O–H groups in total. The molecule has 0 amide bonds. The lowest BCUT2D eigenvalue weighted by molar-refractivity contribution is -0.146. The van der Waals surface area contributed by atoms with E-state index in [1.54, 1.807) is 0 Å². The first-order valence-electron chi connectivity index (χ1n) is 2.75. The lowest BCUT2D eigenvalue weighted by Gasteiger charge is -1.95. The van der Waals surface area contributed by atoms with E-state index < -0.39 is 29.4 Å². The molecule has 1 rings (SSSR count). The van der Waals surface area contributed by atoms with Gasteiger partial charge in [0.25, 0.3) is 0 Å². The van der Waals surface area contributed by atoms with E-state index in [9.17, 15) is 14.4 Å². The maximum atomic E-state index is 10.7. The molecule has 0 radical (unpaired) electrons. The maximum absolute atomic E-state index is 10.7. The highest BCUT2D eigenvalue weighted by molar-refractivity contribution is 8.10. The molecule has 1 aliphatic heterocycles. The second-order valence-corrected chi connectivity index (χ2v) is 2.69. The zero-order valence-electron chi connectivity index (χ0n) is 5.27. The van der Waals surface area contributed by atoms with Crippen molar-refractivity contribution in [1.82, 2.24) is 0 Å². The van der Waals surface area contributed by atoms with Gasteiger partial charge in [-0.1, -0.05) is 0 Å². The van der Waals surface area contributed by atoms with Crippen molar-refractivity contribution in [3.8, 4) is 0 Å². The topological polar surface area (TPSA) is 80.7 Å². The summed E-state index contributed by atoms with van der Waals surface area (Å²) < 4.78 is 4.24. The van der Waals surface area contributed by atoms with Crippen LogP contribution in [0.5, 0.6) is 0 Å². The van der Waals surface area contributed by atoms with Gasteiger partial charge in [-0.25, -0.2) is 0 Å². The molecule has 0 bridgehead atoms. The van der Waals surface area contributed by atoms with Crippen molar-refractivity contribution >= 4 is 29.1 Å². The molecular formula is C5H4O5S. The van der Waals surface area contributed by atoms with Gasteiger partial charge in [0.1, 0.15) is 18.0 Å². The Labute approximate surface area is 65.9 Å². The molecule has 0 saturated carbocycles. The monoisotopic (exact) mass is 176 g/mol. The molecule has 1 saturated heterocycles. The lowest BCUT2D eigenvalue weighted by atomic mass is 10.1. The van der Waals surface area contributed by atoms with Crippen LogP contribution in [0.2, 0.25) is 0 Å². The molecule has 6 heteroatoms. The summed E-state index contributed by atoms with van der Waals surface area (Å²) in [5, 5.41) is 7.71. The normalized spacial score (nSPS) is 23.5. The van der Waals surface area contributed by atoms with Gasteiger partial charge in [-0.05, 0) is 0 Å². The number of rotatable bonds is 2. The van der Waals surface area contributed by atoms with Crippen LogP contribution in [0.25, 0.3) is 0 Å². The van der Waals surface area contributed by atoms with E-state index in [-0.39, 0.29) is 0 Å². The summed E-state index contributed by atoms with van der Waals surface area (Å²) in [6, 6.07) is 0. The predicted octanol–water partition coefficient (Wildman–Crippen LogP) is -0.191. The second-order valence-electron chi connectivity index (χ2n) is 1.96. The van der Waals surface area contributed by atoms with Crippen LogP contribution < -0.4 is 0 Å². The summed E-state index contributed by atoms with van der Waals surface area (Å²) in [6.45, 7) is 0. The Morgan fingerprint density at radius 3 is 2.64 bits per heavy atom. The Morgan fingerprint density at radius 2 is 2.27 bits per heavy atom. The van der Waals surface area contributed by atoms with Gasteiger partial charge >= 0.3 is 11.9 Å². The van der Waals surface area contributed by atoms with Crippen LogP contribution >= 0.6 is 12.0 Å². The highest BCUT2D eigenvalue weighted by atomic mass is 32.2. The minimum absolute atomic E-state index is 0.404. The van der Waals surface area contributed by atoms with Crippen molar-refractivity contribution in [3.05, 3.63) is 0 Å². The van der Waals surface area contributed by atoms with Gasteiger partial charge in [-0.15, -0.1) is 0 Å². The summed E-state index contributed by atoms with van der Waals surface area (Å²) in [6.07, 6.45) is -0.481. The zero-order chi connectivity index (χ0) is 8.43. The summed E-state index contributed by atoms with van der Waals surface area (Å²) in [4.78, 5) is 31.3.